The summed E-state index contributed by atoms with van der Waals surface area (Å²) in [6.07, 6.45) is 0.652. The number of cyclic esters (lactones) is 1. The third kappa shape index (κ3) is 2.47. The molecule has 24 heavy (non-hydrogen) atoms. The van der Waals surface area contributed by atoms with E-state index in [9.17, 15) is 9.59 Å². The van der Waals surface area contributed by atoms with E-state index in [0.29, 0.717) is 35.6 Å². The van der Waals surface area contributed by atoms with E-state index in [1.165, 1.54) is 11.8 Å². The van der Waals surface area contributed by atoms with E-state index in [2.05, 4.69) is 4.98 Å². The van der Waals surface area contributed by atoms with Gasteiger partial charge in [0.25, 0.3) is 5.56 Å². The van der Waals surface area contributed by atoms with Crippen molar-refractivity contribution in [2.45, 2.75) is 30.3 Å². The van der Waals surface area contributed by atoms with Gasteiger partial charge in [-0.1, -0.05) is 36.0 Å². The number of carbonyl (C=O) groups is 1. The van der Waals surface area contributed by atoms with Crippen LogP contribution in [0.1, 0.15) is 13.3 Å². The van der Waals surface area contributed by atoms with Crippen molar-refractivity contribution in [1.82, 2.24) is 9.55 Å². The zero-order valence-corrected chi connectivity index (χ0v) is 14.0. The van der Waals surface area contributed by atoms with Gasteiger partial charge in [0.15, 0.2) is 5.16 Å². The lowest BCUT2D eigenvalue weighted by molar-refractivity contribution is -0.137. The molecular weight excluding hydrogens is 324 g/mol. The van der Waals surface area contributed by atoms with Gasteiger partial charge in [-0.15, -0.1) is 0 Å². The molecule has 122 valence electrons. The van der Waals surface area contributed by atoms with Crippen molar-refractivity contribution in [2.75, 3.05) is 6.61 Å². The highest BCUT2D eigenvalue weighted by Gasteiger charge is 2.29. The number of hydrogen-bond donors (Lipinski definition) is 0. The zero-order valence-electron chi connectivity index (χ0n) is 13.2. The molecule has 0 aliphatic carbocycles. The SMILES string of the molecule is CCn1c(S[C@H]2CCOC2=O)nc2cc3ccccc3cc2c1=O. The van der Waals surface area contributed by atoms with Crippen LogP contribution in [-0.4, -0.2) is 27.4 Å². The largest absolute Gasteiger partial charge is 0.465 e. The lowest BCUT2D eigenvalue weighted by atomic mass is 10.1. The van der Waals surface area contributed by atoms with Gasteiger partial charge in [-0.25, -0.2) is 4.98 Å². The molecule has 5 nitrogen and oxygen atoms in total. The van der Waals surface area contributed by atoms with E-state index in [1.54, 1.807) is 4.57 Å². The standard InChI is InChI=1S/C18H16N2O3S/c1-2-20-16(21)13-9-11-5-3-4-6-12(11)10-14(13)19-18(20)24-15-7-8-23-17(15)22/h3-6,9-10,15H,2,7-8H2,1H3/t15-/m0/s1. The molecule has 2 heterocycles. The number of thioether (sulfide) groups is 1. The van der Waals surface area contributed by atoms with Crippen molar-refractivity contribution in [3.8, 4) is 0 Å². The van der Waals surface area contributed by atoms with E-state index in [1.807, 2.05) is 43.3 Å². The lowest BCUT2D eigenvalue weighted by Crippen LogP contribution is -2.24. The molecule has 4 rings (SSSR count). The number of esters is 1. The molecule has 1 aliphatic heterocycles. The van der Waals surface area contributed by atoms with Crippen molar-refractivity contribution >= 4 is 39.4 Å². The fourth-order valence-corrected chi connectivity index (χ4v) is 4.09. The topological polar surface area (TPSA) is 61.2 Å². The highest BCUT2D eigenvalue weighted by Crippen LogP contribution is 2.29. The molecule has 0 unspecified atom stereocenters. The number of fused-ring (bicyclic) bond motifs is 2. The fourth-order valence-electron chi connectivity index (χ4n) is 2.97. The number of hydrogen-bond acceptors (Lipinski definition) is 5. The van der Waals surface area contributed by atoms with Crippen LogP contribution in [0.5, 0.6) is 0 Å². The second-order valence-corrected chi connectivity index (χ2v) is 6.89. The van der Waals surface area contributed by atoms with E-state index in [4.69, 9.17) is 4.74 Å². The van der Waals surface area contributed by atoms with Crippen LogP contribution in [0.25, 0.3) is 21.7 Å². The number of nitrogens with zero attached hydrogens (tertiary/aromatic N) is 2. The number of carbonyl (C=O) groups excluding carboxylic acids is 1. The normalized spacial score (nSPS) is 17.5. The van der Waals surface area contributed by atoms with E-state index < -0.39 is 0 Å². The highest BCUT2D eigenvalue weighted by molar-refractivity contribution is 8.00. The number of ether oxygens (including phenoxy) is 1. The molecule has 0 amide bonds. The summed E-state index contributed by atoms with van der Waals surface area (Å²) in [4.78, 5) is 29.3. The molecule has 2 aromatic carbocycles. The predicted molar refractivity (Wildman–Crippen MR) is 94.4 cm³/mol. The first-order valence-electron chi connectivity index (χ1n) is 7.94. The van der Waals surface area contributed by atoms with Gasteiger partial charge in [0.2, 0.25) is 0 Å². The van der Waals surface area contributed by atoms with Gasteiger partial charge in [-0.2, -0.15) is 0 Å². The third-order valence-electron chi connectivity index (χ3n) is 4.24. The summed E-state index contributed by atoms with van der Waals surface area (Å²) in [6.45, 7) is 2.86. The number of aromatic nitrogens is 2. The summed E-state index contributed by atoms with van der Waals surface area (Å²) >= 11 is 1.32. The number of benzene rings is 2. The fraction of sp³-hybridized carbons (Fsp3) is 0.278. The molecule has 0 bridgehead atoms. The van der Waals surface area contributed by atoms with Crippen LogP contribution in [0, 0.1) is 0 Å². The summed E-state index contributed by atoms with van der Waals surface area (Å²) < 4.78 is 6.64. The molecule has 6 heteroatoms. The first-order valence-corrected chi connectivity index (χ1v) is 8.82. The maximum atomic E-state index is 12.9. The molecule has 1 aliphatic rings. The van der Waals surface area contributed by atoms with Crippen LogP contribution in [0.15, 0.2) is 46.3 Å². The van der Waals surface area contributed by atoms with Gasteiger partial charge >= 0.3 is 5.97 Å². The Morgan fingerprint density at radius 3 is 2.67 bits per heavy atom. The molecule has 1 atom stereocenters. The van der Waals surface area contributed by atoms with E-state index >= 15 is 0 Å². The third-order valence-corrected chi connectivity index (χ3v) is 5.47. The highest BCUT2D eigenvalue weighted by atomic mass is 32.2. The van der Waals surface area contributed by atoms with E-state index in [-0.39, 0.29) is 16.8 Å². The molecular formula is C18H16N2O3S. The summed E-state index contributed by atoms with van der Waals surface area (Å²) in [7, 11) is 0. The van der Waals surface area contributed by atoms with Gasteiger partial charge in [-0.3, -0.25) is 14.2 Å². The summed E-state index contributed by atoms with van der Waals surface area (Å²) in [5.41, 5.74) is 0.597. The Kier molecular flexibility index (Phi) is 3.76. The van der Waals surface area contributed by atoms with E-state index in [0.717, 1.165) is 10.8 Å². The Balaban J connectivity index is 1.91. The van der Waals surface area contributed by atoms with Crippen molar-refractivity contribution in [2.24, 2.45) is 0 Å². The Morgan fingerprint density at radius 2 is 2.00 bits per heavy atom. The Bertz CT molecular complexity index is 1010. The van der Waals surface area contributed by atoms with Crippen molar-refractivity contribution in [1.29, 1.82) is 0 Å². The van der Waals surface area contributed by atoms with Gasteiger partial charge in [0, 0.05) is 13.0 Å². The van der Waals surface area contributed by atoms with Gasteiger partial charge in [0.1, 0.15) is 5.25 Å². The van der Waals surface area contributed by atoms with Crippen LogP contribution in [-0.2, 0) is 16.1 Å². The van der Waals surface area contributed by atoms with Crippen LogP contribution in [0.4, 0.5) is 0 Å². The molecule has 1 fully saturated rings. The average molecular weight is 340 g/mol. The minimum Gasteiger partial charge on any atom is -0.465 e. The molecule has 0 radical (unpaired) electrons. The van der Waals surface area contributed by atoms with Crippen molar-refractivity contribution in [3.63, 3.8) is 0 Å². The van der Waals surface area contributed by atoms with Crippen molar-refractivity contribution in [3.05, 3.63) is 46.8 Å². The van der Waals surface area contributed by atoms with Gasteiger partial charge < -0.3 is 4.74 Å². The van der Waals surface area contributed by atoms with Gasteiger partial charge in [-0.05, 0) is 29.8 Å². The second-order valence-electron chi connectivity index (χ2n) is 5.72. The molecule has 1 saturated heterocycles. The first-order chi connectivity index (χ1) is 11.7. The minimum absolute atomic E-state index is 0.0675. The second kappa shape index (κ2) is 5.94. The Labute approximate surface area is 142 Å². The first kappa shape index (κ1) is 15.2. The Hall–Kier alpha value is -2.34. The quantitative estimate of drug-likeness (QED) is 0.417. The predicted octanol–water partition coefficient (Wildman–Crippen LogP) is 2.98. The molecule has 0 N–H and O–H groups in total. The molecule has 0 spiro atoms. The van der Waals surface area contributed by atoms with Crippen LogP contribution < -0.4 is 5.56 Å². The maximum absolute atomic E-state index is 12.9. The minimum atomic E-state index is -0.285. The zero-order chi connectivity index (χ0) is 16.7. The smallest absolute Gasteiger partial charge is 0.319 e. The lowest BCUT2D eigenvalue weighted by Gasteiger charge is -2.13. The van der Waals surface area contributed by atoms with Crippen molar-refractivity contribution < 1.29 is 9.53 Å². The average Bonchev–Trinajstić information content (AvgIpc) is 2.99. The summed E-state index contributed by atoms with van der Waals surface area (Å²) in [5.74, 6) is -0.226. The van der Waals surface area contributed by atoms with Crippen LogP contribution in [0.2, 0.25) is 0 Å². The monoisotopic (exact) mass is 340 g/mol. The maximum Gasteiger partial charge on any atom is 0.319 e. The molecule has 1 aromatic heterocycles. The number of rotatable bonds is 3. The Morgan fingerprint density at radius 1 is 1.25 bits per heavy atom. The van der Waals surface area contributed by atoms with Gasteiger partial charge in [0.05, 0.1) is 17.5 Å². The molecule has 0 saturated carbocycles. The van der Waals surface area contributed by atoms with Crippen LogP contribution in [0.3, 0.4) is 0 Å². The summed E-state index contributed by atoms with van der Waals surface area (Å²) in [6, 6.07) is 11.7. The van der Waals surface area contributed by atoms with Crippen LogP contribution >= 0.6 is 11.8 Å². The molecule has 3 aromatic rings. The summed E-state index contributed by atoms with van der Waals surface area (Å²) in [5, 5.41) is 2.96.